The van der Waals surface area contributed by atoms with Crippen molar-refractivity contribution in [1.82, 2.24) is 15.1 Å². The summed E-state index contributed by atoms with van der Waals surface area (Å²) in [6, 6.07) is -0.140. The van der Waals surface area contributed by atoms with E-state index in [1.165, 1.54) is 5.41 Å². The number of hydrogen-bond acceptors (Lipinski definition) is 5. The normalized spacial score (nSPS) is 21.4. The molecule has 1 aliphatic rings. The zero-order chi connectivity index (χ0) is 13.3. The quantitative estimate of drug-likeness (QED) is 0.843. The van der Waals surface area contributed by atoms with Gasteiger partial charge in [0, 0.05) is 25.0 Å². The number of aryl methyl sites for hydroxylation is 2. The van der Waals surface area contributed by atoms with Crippen molar-refractivity contribution in [2.24, 2.45) is 7.05 Å². The third-order valence-corrected chi connectivity index (χ3v) is 4.35. The topological polar surface area (TPSA) is 73.2 Å². The van der Waals surface area contributed by atoms with Crippen molar-refractivity contribution in [1.29, 1.82) is 0 Å². The molecule has 2 heterocycles. The first-order valence-corrected chi connectivity index (χ1v) is 7.35. The molecule has 0 fully saturated rings. The zero-order valence-corrected chi connectivity index (χ0v) is 11.5. The SMILES string of the molecule is COc1c(CNC2C=CS(=O)(=O)C2)c(C)nn1C. The fourth-order valence-corrected chi connectivity index (χ4v) is 3.35. The van der Waals surface area contributed by atoms with Crippen molar-refractivity contribution in [2.45, 2.75) is 19.5 Å². The van der Waals surface area contributed by atoms with E-state index in [1.807, 2.05) is 14.0 Å². The second-order valence-corrected chi connectivity index (χ2v) is 6.27. The van der Waals surface area contributed by atoms with Crippen LogP contribution in [0.3, 0.4) is 0 Å². The Morgan fingerprint density at radius 3 is 2.89 bits per heavy atom. The summed E-state index contributed by atoms with van der Waals surface area (Å²) in [5.41, 5.74) is 1.84. The highest BCUT2D eigenvalue weighted by Crippen LogP contribution is 2.21. The van der Waals surface area contributed by atoms with Gasteiger partial charge < -0.3 is 10.1 Å². The molecule has 18 heavy (non-hydrogen) atoms. The van der Waals surface area contributed by atoms with Gasteiger partial charge in [-0.2, -0.15) is 5.10 Å². The number of hydrogen-bond donors (Lipinski definition) is 1. The predicted octanol–water partition coefficient (Wildman–Crippen LogP) is 0.137. The minimum absolute atomic E-state index is 0.120. The van der Waals surface area contributed by atoms with Gasteiger partial charge in [-0.05, 0) is 6.92 Å². The smallest absolute Gasteiger partial charge is 0.216 e. The summed E-state index contributed by atoms with van der Waals surface area (Å²) in [5, 5.41) is 8.72. The molecule has 2 rings (SSSR count). The van der Waals surface area contributed by atoms with Crippen LogP contribution in [0.25, 0.3) is 0 Å². The summed E-state index contributed by atoms with van der Waals surface area (Å²) in [6.07, 6.45) is 1.67. The first-order chi connectivity index (χ1) is 8.43. The van der Waals surface area contributed by atoms with Crippen molar-refractivity contribution >= 4 is 9.84 Å². The number of sulfone groups is 1. The summed E-state index contributed by atoms with van der Waals surface area (Å²) >= 11 is 0. The molecule has 0 aromatic carbocycles. The van der Waals surface area contributed by atoms with Crippen LogP contribution in [0.4, 0.5) is 0 Å². The number of rotatable bonds is 4. The number of methoxy groups -OCH3 is 1. The van der Waals surface area contributed by atoms with Gasteiger partial charge in [-0.15, -0.1) is 0 Å². The largest absolute Gasteiger partial charge is 0.481 e. The van der Waals surface area contributed by atoms with Gasteiger partial charge in [0.2, 0.25) is 5.88 Å². The Labute approximate surface area is 107 Å². The van der Waals surface area contributed by atoms with E-state index in [4.69, 9.17) is 4.74 Å². The molecule has 0 spiro atoms. The third kappa shape index (κ3) is 2.56. The van der Waals surface area contributed by atoms with Crippen molar-refractivity contribution < 1.29 is 13.2 Å². The molecule has 0 amide bonds. The molecular formula is C11H17N3O3S. The first-order valence-electron chi connectivity index (χ1n) is 5.64. The lowest BCUT2D eigenvalue weighted by molar-refractivity contribution is 0.367. The van der Waals surface area contributed by atoms with Crippen molar-refractivity contribution in [3.63, 3.8) is 0 Å². The molecule has 1 N–H and O–H groups in total. The molecule has 7 heteroatoms. The maximum Gasteiger partial charge on any atom is 0.216 e. The lowest BCUT2D eigenvalue weighted by Crippen LogP contribution is -2.29. The molecule has 0 radical (unpaired) electrons. The minimum Gasteiger partial charge on any atom is -0.481 e. The van der Waals surface area contributed by atoms with Gasteiger partial charge in [-0.1, -0.05) is 6.08 Å². The average molecular weight is 271 g/mol. The Balaban J connectivity index is 2.06. The molecule has 0 saturated heterocycles. The van der Waals surface area contributed by atoms with Gasteiger partial charge in [0.1, 0.15) is 0 Å². The van der Waals surface area contributed by atoms with Crippen LogP contribution >= 0.6 is 0 Å². The van der Waals surface area contributed by atoms with Gasteiger partial charge >= 0.3 is 0 Å². The molecular weight excluding hydrogens is 254 g/mol. The molecule has 100 valence electrons. The van der Waals surface area contributed by atoms with Crippen LogP contribution in [-0.4, -0.2) is 37.1 Å². The van der Waals surface area contributed by atoms with E-state index in [2.05, 4.69) is 10.4 Å². The number of ether oxygens (including phenoxy) is 1. The van der Waals surface area contributed by atoms with Crippen LogP contribution in [0.2, 0.25) is 0 Å². The van der Waals surface area contributed by atoms with Crippen LogP contribution in [0, 0.1) is 6.92 Å². The fourth-order valence-electron chi connectivity index (χ4n) is 2.08. The van der Waals surface area contributed by atoms with E-state index in [0.29, 0.717) is 12.4 Å². The van der Waals surface area contributed by atoms with Crippen LogP contribution < -0.4 is 10.1 Å². The highest BCUT2D eigenvalue weighted by atomic mass is 32.2. The number of nitrogens with one attached hydrogen (secondary N) is 1. The van der Waals surface area contributed by atoms with Crippen LogP contribution in [0.1, 0.15) is 11.3 Å². The van der Waals surface area contributed by atoms with Crippen LogP contribution in [-0.2, 0) is 23.4 Å². The van der Waals surface area contributed by atoms with E-state index >= 15 is 0 Å². The maximum atomic E-state index is 11.3. The molecule has 1 aliphatic heterocycles. The van der Waals surface area contributed by atoms with Gasteiger partial charge in [-0.25, -0.2) is 13.1 Å². The lowest BCUT2D eigenvalue weighted by atomic mass is 10.2. The Morgan fingerprint density at radius 1 is 1.61 bits per heavy atom. The molecule has 1 aromatic heterocycles. The van der Waals surface area contributed by atoms with E-state index in [0.717, 1.165) is 11.3 Å². The van der Waals surface area contributed by atoms with Gasteiger partial charge in [-0.3, -0.25) is 0 Å². The second-order valence-electron chi connectivity index (χ2n) is 4.34. The van der Waals surface area contributed by atoms with Crippen molar-refractivity contribution in [2.75, 3.05) is 12.9 Å². The van der Waals surface area contributed by atoms with Gasteiger partial charge in [0.15, 0.2) is 9.84 Å². The van der Waals surface area contributed by atoms with Crippen LogP contribution in [0.15, 0.2) is 11.5 Å². The molecule has 1 atom stereocenters. The van der Waals surface area contributed by atoms with Crippen molar-refractivity contribution in [3.8, 4) is 5.88 Å². The zero-order valence-electron chi connectivity index (χ0n) is 10.7. The molecule has 0 saturated carbocycles. The van der Waals surface area contributed by atoms with Gasteiger partial charge in [0.05, 0.1) is 24.1 Å². The third-order valence-electron chi connectivity index (χ3n) is 2.95. The lowest BCUT2D eigenvalue weighted by Gasteiger charge is -2.10. The summed E-state index contributed by atoms with van der Waals surface area (Å²) in [6.45, 7) is 2.44. The standard InChI is InChI=1S/C11H17N3O3S/c1-8-10(11(17-3)14(2)13-8)6-12-9-4-5-18(15,16)7-9/h4-5,9,12H,6-7H2,1-3H3. The number of aromatic nitrogens is 2. The molecule has 1 unspecified atom stereocenters. The van der Waals surface area contributed by atoms with E-state index in [-0.39, 0.29) is 11.8 Å². The van der Waals surface area contributed by atoms with Crippen LogP contribution in [0.5, 0.6) is 5.88 Å². The minimum atomic E-state index is -3.02. The maximum absolute atomic E-state index is 11.3. The monoisotopic (exact) mass is 271 g/mol. The molecule has 1 aromatic rings. The fraction of sp³-hybridized carbons (Fsp3) is 0.545. The summed E-state index contributed by atoms with van der Waals surface area (Å²) < 4.78 is 29.5. The summed E-state index contributed by atoms with van der Waals surface area (Å²) in [4.78, 5) is 0. The average Bonchev–Trinajstić information content (AvgIpc) is 2.75. The highest BCUT2D eigenvalue weighted by Gasteiger charge is 2.22. The summed E-state index contributed by atoms with van der Waals surface area (Å²) in [5.74, 6) is 0.819. The van der Waals surface area contributed by atoms with Crippen molar-refractivity contribution in [3.05, 3.63) is 22.7 Å². The Kier molecular flexibility index (Phi) is 3.45. The Bertz CT molecular complexity index is 575. The number of nitrogens with zero attached hydrogens (tertiary/aromatic N) is 2. The second kappa shape index (κ2) is 4.74. The Morgan fingerprint density at radius 2 is 2.33 bits per heavy atom. The first kappa shape index (κ1) is 13.1. The Hall–Kier alpha value is -1.34. The van der Waals surface area contributed by atoms with E-state index in [9.17, 15) is 8.42 Å². The highest BCUT2D eigenvalue weighted by molar-refractivity contribution is 7.94. The predicted molar refractivity (Wildman–Crippen MR) is 68.1 cm³/mol. The molecule has 6 nitrogen and oxygen atoms in total. The van der Waals surface area contributed by atoms with E-state index < -0.39 is 9.84 Å². The molecule has 0 bridgehead atoms. The van der Waals surface area contributed by atoms with E-state index in [1.54, 1.807) is 17.9 Å². The molecule has 0 aliphatic carbocycles. The summed E-state index contributed by atoms with van der Waals surface area (Å²) in [7, 11) is 0.396. The van der Waals surface area contributed by atoms with Gasteiger partial charge in [0.25, 0.3) is 0 Å².